The van der Waals surface area contributed by atoms with Crippen LogP contribution in [0.5, 0.6) is 0 Å². The molecule has 1 fully saturated rings. The molecular weight excluding hydrogens is 271 g/mol. The zero-order valence-corrected chi connectivity index (χ0v) is 11.3. The molecule has 110 valence electrons. The number of hydrogen-bond donors (Lipinski definition) is 1. The molecule has 0 amide bonds. The first-order chi connectivity index (χ1) is 9.27. The number of alkyl halides is 3. The molecule has 0 aromatic heterocycles. The third kappa shape index (κ3) is 2.95. The van der Waals surface area contributed by atoms with Crippen LogP contribution in [-0.2, 0) is 21.2 Å². The molecule has 2 rings (SSSR count). The van der Waals surface area contributed by atoms with Gasteiger partial charge in [0.15, 0.2) is 0 Å². The number of benzene rings is 1. The van der Waals surface area contributed by atoms with Crippen molar-refractivity contribution in [3.8, 4) is 0 Å². The van der Waals surface area contributed by atoms with Crippen molar-refractivity contribution in [3.05, 3.63) is 35.4 Å². The standard InChI is InChI=1S/C14H16F3NO2/c1-13(12(19)20-2,18-11-7-8-11)9-3-5-10(6-4-9)14(15,16)17/h3-6,11,18H,7-8H2,1-2H3. The fourth-order valence-corrected chi connectivity index (χ4v) is 2.09. The summed E-state index contributed by atoms with van der Waals surface area (Å²) in [7, 11) is 1.26. The van der Waals surface area contributed by atoms with E-state index in [1.54, 1.807) is 6.92 Å². The molecule has 1 unspecified atom stereocenters. The van der Waals surface area contributed by atoms with Crippen LogP contribution in [0, 0.1) is 0 Å². The molecule has 20 heavy (non-hydrogen) atoms. The van der Waals surface area contributed by atoms with Crippen LogP contribution in [-0.4, -0.2) is 19.1 Å². The number of esters is 1. The molecule has 3 nitrogen and oxygen atoms in total. The summed E-state index contributed by atoms with van der Waals surface area (Å²) in [5, 5.41) is 3.14. The van der Waals surface area contributed by atoms with Gasteiger partial charge in [-0.05, 0) is 37.5 Å². The predicted octanol–water partition coefficient (Wildman–Crippen LogP) is 2.85. The van der Waals surface area contributed by atoms with Crippen molar-refractivity contribution in [2.45, 2.75) is 37.5 Å². The third-order valence-corrected chi connectivity index (χ3v) is 3.45. The number of halogens is 3. The first-order valence-corrected chi connectivity index (χ1v) is 6.31. The summed E-state index contributed by atoms with van der Waals surface area (Å²) in [4.78, 5) is 12.0. The minimum Gasteiger partial charge on any atom is -0.467 e. The van der Waals surface area contributed by atoms with Gasteiger partial charge in [0.1, 0.15) is 5.54 Å². The number of hydrogen-bond acceptors (Lipinski definition) is 3. The minimum atomic E-state index is -4.38. The van der Waals surface area contributed by atoms with Gasteiger partial charge >= 0.3 is 12.1 Å². The van der Waals surface area contributed by atoms with Gasteiger partial charge in [-0.1, -0.05) is 12.1 Å². The highest BCUT2D eigenvalue weighted by molar-refractivity contribution is 5.82. The van der Waals surface area contributed by atoms with Crippen LogP contribution in [0.1, 0.15) is 30.9 Å². The molecule has 1 atom stereocenters. The Labute approximate surface area is 115 Å². The molecular formula is C14H16F3NO2. The molecule has 1 aliphatic carbocycles. The molecule has 0 spiro atoms. The summed E-state index contributed by atoms with van der Waals surface area (Å²) in [5.74, 6) is -0.510. The highest BCUT2D eigenvalue weighted by Gasteiger charge is 2.41. The molecule has 0 aliphatic heterocycles. The van der Waals surface area contributed by atoms with Crippen molar-refractivity contribution in [1.82, 2.24) is 5.32 Å². The monoisotopic (exact) mass is 287 g/mol. The van der Waals surface area contributed by atoms with Crippen molar-refractivity contribution in [2.75, 3.05) is 7.11 Å². The smallest absolute Gasteiger partial charge is 0.416 e. The zero-order chi connectivity index (χ0) is 15.0. The van der Waals surface area contributed by atoms with Crippen LogP contribution in [0.15, 0.2) is 24.3 Å². The van der Waals surface area contributed by atoms with Crippen molar-refractivity contribution >= 4 is 5.97 Å². The van der Waals surface area contributed by atoms with E-state index in [4.69, 9.17) is 4.74 Å². The molecule has 0 heterocycles. The molecule has 1 aliphatic rings. The average molecular weight is 287 g/mol. The van der Waals surface area contributed by atoms with E-state index in [1.807, 2.05) is 0 Å². The fourth-order valence-electron chi connectivity index (χ4n) is 2.09. The van der Waals surface area contributed by atoms with E-state index in [9.17, 15) is 18.0 Å². The van der Waals surface area contributed by atoms with Gasteiger partial charge in [0.2, 0.25) is 0 Å². The summed E-state index contributed by atoms with van der Waals surface area (Å²) in [6, 6.07) is 4.79. The van der Waals surface area contributed by atoms with Gasteiger partial charge in [-0.25, -0.2) is 4.79 Å². The van der Waals surface area contributed by atoms with Crippen LogP contribution in [0.4, 0.5) is 13.2 Å². The van der Waals surface area contributed by atoms with Crippen molar-refractivity contribution in [1.29, 1.82) is 0 Å². The van der Waals surface area contributed by atoms with Gasteiger partial charge in [-0.2, -0.15) is 13.2 Å². The van der Waals surface area contributed by atoms with E-state index in [0.29, 0.717) is 5.56 Å². The summed E-state index contributed by atoms with van der Waals surface area (Å²) in [5.41, 5.74) is -1.40. The maximum Gasteiger partial charge on any atom is 0.416 e. The van der Waals surface area contributed by atoms with Crippen molar-refractivity contribution < 1.29 is 22.7 Å². The van der Waals surface area contributed by atoms with E-state index in [2.05, 4.69) is 5.32 Å². The van der Waals surface area contributed by atoms with Gasteiger partial charge in [0.05, 0.1) is 12.7 Å². The Morgan fingerprint density at radius 2 is 1.70 bits per heavy atom. The topological polar surface area (TPSA) is 38.3 Å². The summed E-state index contributed by atoms with van der Waals surface area (Å²) >= 11 is 0. The first kappa shape index (κ1) is 14.8. The van der Waals surface area contributed by atoms with Gasteiger partial charge in [0.25, 0.3) is 0 Å². The molecule has 1 aromatic carbocycles. The third-order valence-electron chi connectivity index (χ3n) is 3.45. The average Bonchev–Trinajstić information content (AvgIpc) is 3.20. The highest BCUT2D eigenvalue weighted by Crippen LogP contribution is 2.33. The molecule has 1 saturated carbocycles. The lowest BCUT2D eigenvalue weighted by Crippen LogP contribution is -2.48. The number of carbonyl (C=O) groups is 1. The van der Waals surface area contributed by atoms with E-state index in [0.717, 1.165) is 25.0 Å². The number of rotatable bonds is 4. The van der Waals surface area contributed by atoms with Crippen molar-refractivity contribution in [2.24, 2.45) is 0 Å². The largest absolute Gasteiger partial charge is 0.467 e. The van der Waals surface area contributed by atoms with E-state index in [-0.39, 0.29) is 6.04 Å². The SMILES string of the molecule is COC(=O)C(C)(NC1CC1)c1ccc(C(F)(F)F)cc1. The molecule has 1 N–H and O–H groups in total. The van der Waals surface area contributed by atoms with Crippen LogP contribution in [0.3, 0.4) is 0 Å². The number of nitrogens with one attached hydrogen (secondary N) is 1. The Morgan fingerprint density at radius 3 is 2.10 bits per heavy atom. The Balaban J connectivity index is 2.31. The lowest BCUT2D eigenvalue weighted by atomic mass is 9.91. The Hall–Kier alpha value is -1.56. The first-order valence-electron chi connectivity index (χ1n) is 6.31. The Morgan fingerprint density at radius 1 is 1.20 bits per heavy atom. The van der Waals surface area contributed by atoms with Gasteiger partial charge < -0.3 is 4.74 Å². The second kappa shape index (κ2) is 5.09. The zero-order valence-electron chi connectivity index (χ0n) is 11.3. The minimum absolute atomic E-state index is 0.210. The molecule has 0 saturated heterocycles. The number of methoxy groups -OCH3 is 1. The second-order valence-electron chi connectivity index (χ2n) is 5.11. The van der Waals surface area contributed by atoms with E-state index in [1.165, 1.54) is 19.2 Å². The lowest BCUT2D eigenvalue weighted by Gasteiger charge is -2.29. The maximum atomic E-state index is 12.6. The fraction of sp³-hybridized carbons (Fsp3) is 0.500. The van der Waals surface area contributed by atoms with Gasteiger partial charge in [-0.15, -0.1) is 0 Å². The predicted molar refractivity (Wildman–Crippen MR) is 67.0 cm³/mol. The molecule has 6 heteroatoms. The Bertz CT molecular complexity index is 494. The van der Waals surface area contributed by atoms with E-state index < -0.39 is 23.2 Å². The molecule has 0 bridgehead atoms. The summed E-state index contributed by atoms with van der Waals surface area (Å²) < 4.78 is 42.4. The van der Waals surface area contributed by atoms with Gasteiger partial charge in [0, 0.05) is 6.04 Å². The van der Waals surface area contributed by atoms with E-state index >= 15 is 0 Å². The van der Waals surface area contributed by atoms with Gasteiger partial charge in [-0.3, -0.25) is 5.32 Å². The number of ether oxygens (including phenoxy) is 1. The Kier molecular flexibility index (Phi) is 3.77. The van der Waals surface area contributed by atoms with Crippen LogP contribution < -0.4 is 5.32 Å². The van der Waals surface area contributed by atoms with Crippen LogP contribution >= 0.6 is 0 Å². The summed E-state index contributed by atoms with van der Waals surface area (Å²) in [6.45, 7) is 1.62. The lowest BCUT2D eigenvalue weighted by molar-refractivity contribution is -0.148. The second-order valence-corrected chi connectivity index (χ2v) is 5.11. The highest BCUT2D eigenvalue weighted by atomic mass is 19.4. The van der Waals surface area contributed by atoms with Crippen LogP contribution in [0.25, 0.3) is 0 Å². The van der Waals surface area contributed by atoms with Crippen LogP contribution in [0.2, 0.25) is 0 Å². The number of carbonyl (C=O) groups excluding carboxylic acids is 1. The molecule has 1 aromatic rings. The molecule has 0 radical (unpaired) electrons. The van der Waals surface area contributed by atoms with Crippen molar-refractivity contribution in [3.63, 3.8) is 0 Å². The quantitative estimate of drug-likeness (QED) is 0.865. The summed E-state index contributed by atoms with van der Waals surface area (Å²) in [6.07, 6.45) is -2.48. The maximum absolute atomic E-state index is 12.6. The normalized spacial score (nSPS) is 18.4.